The van der Waals surface area contributed by atoms with Gasteiger partial charge in [0.05, 0.1) is 18.1 Å². The Hall–Kier alpha value is -7.33. The number of aromatic nitrogens is 4. The molecule has 314 valence electrons. The molecule has 11 aromatic rings. The minimum Gasteiger partial charge on any atom is -0.510 e. The van der Waals surface area contributed by atoms with E-state index in [1.807, 2.05) is 30.5 Å². The van der Waals surface area contributed by atoms with Crippen molar-refractivity contribution in [1.82, 2.24) is 14.1 Å². The molecule has 0 unspecified atom stereocenters. The van der Waals surface area contributed by atoms with Gasteiger partial charge in [-0.3, -0.25) is 0 Å². The van der Waals surface area contributed by atoms with Crippen LogP contribution in [0.1, 0.15) is 47.2 Å². The van der Waals surface area contributed by atoms with Gasteiger partial charge in [-0.15, -0.1) is 35.2 Å². The molecule has 8 aromatic carbocycles. The van der Waals surface area contributed by atoms with Crippen LogP contribution in [0, 0.1) is 18.5 Å². The molecule has 1 aliphatic carbocycles. The second-order valence-corrected chi connectivity index (χ2v) is 17.6. The topological polar surface area (TPSA) is 35.9 Å². The zero-order valence-electron chi connectivity index (χ0n) is 35.9. The van der Waals surface area contributed by atoms with E-state index in [9.17, 15) is 0 Å². The van der Waals surface area contributed by atoms with Crippen molar-refractivity contribution in [2.45, 2.75) is 24.7 Å². The molecule has 4 heterocycles. The van der Waals surface area contributed by atoms with Gasteiger partial charge in [0.2, 0.25) is 6.33 Å². The number of para-hydroxylation sites is 2. The fraction of sp³-hybridized carbons (Fsp3) is 0.0847. The minimum atomic E-state index is -0.733. The molecule has 5 nitrogen and oxygen atoms in total. The Bertz CT molecular complexity index is 3590. The summed E-state index contributed by atoms with van der Waals surface area (Å²) < 4.78 is 13.3. The number of benzene rings is 8. The maximum atomic E-state index is 6.85. The van der Waals surface area contributed by atoms with E-state index in [-0.39, 0.29) is 26.5 Å². The van der Waals surface area contributed by atoms with Crippen LogP contribution in [0.5, 0.6) is 11.5 Å². The number of fused-ring (bicyclic) bond motifs is 11. The van der Waals surface area contributed by atoms with Crippen molar-refractivity contribution in [3.63, 3.8) is 0 Å². The Morgan fingerprint density at radius 3 is 1.86 bits per heavy atom. The maximum absolute atomic E-state index is 6.85. The van der Waals surface area contributed by atoms with Crippen molar-refractivity contribution >= 4 is 32.8 Å². The molecule has 3 aromatic heterocycles. The zero-order chi connectivity index (χ0) is 42.7. The third kappa shape index (κ3) is 5.62. The van der Waals surface area contributed by atoms with Crippen molar-refractivity contribution in [3.8, 4) is 45.3 Å². The van der Waals surface area contributed by atoms with Crippen molar-refractivity contribution in [2.75, 3.05) is 0 Å². The Morgan fingerprint density at radius 2 is 1.17 bits per heavy atom. The van der Waals surface area contributed by atoms with Crippen LogP contribution in [0.25, 0.3) is 66.6 Å². The standard InChI is InChI=1S/C59H40N4O.Pt/c1-58(2)46-29-24-40(38-15-6-4-7-16-38)33-50(46)59(51-34-41(25-30-47(51)58)39-17-8-5-9-18-39)48-31-27-43(36-55(48)62-37-61(3)53-22-14-20-49(59)57(53)62)64-42-26-28-45-44-19-10-11-21-52(44)63(54(45)35-42)56-23-12-13-32-60-56;/h4-34H,1-3H3;/q-2;. The molecule has 1 aliphatic heterocycles. The molecule has 0 amide bonds. The van der Waals surface area contributed by atoms with E-state index >= 15 is 0 Å². The van der Waals surface area contributed by atoms with Gasteiger partial charge in [-0.05, 0) is 73.7 Å². The minimum absolute atomic E-state index is 0. The Labute approximate surface area is 392 Å². The monoisotopic (exact) mass is 1020 g/mol. The van der Waals surface area contributed by atoms with Crippen LogP contribution < -0.4 is 9.30 Å². The molecule has 0 saturated heterocycles. The number of imidazole rings is 1. The quantitative estimate of drug-likeness (QED) is 0.127. The van der Waals surface area contributed by atoms with E-state index in [1.54, 1.807) is 0 Å². The molecule has 0 fully saturated rings. The molecular formula is C59H40N4OPt-2. The summed E-state index contributed by atoms with van der Waals surface area (Å²) in [5, 5.41) is 2.22. The van der Waals surface area contributed by atoms with Gasteiger partial charge in [0, 0.05) is 55.1 Å². The predicted molar refractivity (Wildman–Crippen MR) is 254 cm³/mol. The Morgan fingerprint density at radius 1 is 0.538 bits per heavy atom. The number of pyridine rings is 1. The summed E-state index contributed by atoms with van der Waals surface area (Å²) in [7, 11) is 2.08. The number of ether oxygens (including phenoxy) is 1. The third-order valence-corrected chi connectivity index (χ3v) is 13.8. The van der Waals surface area contributed by atoms with Crippen molar-refractivity contribution < 1.29 is 30.4 Å². The van der Waals surface area contributed by atoms with E-state index in [2.05, 4.69) is 211 Å². The van der Waals surface area contributed by atoms with Gasteiger partial charge < -0.3 is 18.4 Å². The first-order valence-corrected chi connectivity index (χ1v) is 21.9. The Balaban J connectivity index is 0.00000444. The van der Waals surface area contributed by atoms with Gasteiger partial charge in [-0.2, -0.15) is 12.1 Å². The smallest absolute Gasteiger partial charge is 0.242 e. The van der Waals surface area contributed by atoms with Gasteiger partial charge >= 0.3 is 0 Å². The molecule has 0 saturated carbocycles. The SMILES string of the molecule is C[n+]1[c-]n2c3c(cccc31)C1(c3ccc(Oc4[c-]c5c(cc4)c4ccccc4n5-c4ccccn4)[c-]c3-2)c2cc(-c3ccccc3)ccc2C(C)(C)c2ccc(-c3ccccc3)cc21.[Pt]. The van der Waals surface area contributed by atoms with Crippen molar-refractivity contribution in [3.05, 3.63) is 240 Å². The fourth-order valence-corrected chi connectivity index (χ4v) is 11.0. The van der Waals surface area contributed by atoms with Crippen LogP contribution in [0.2, 0.25) is 0 Å². The predicted octanol–water partition coefficient (Wildman–Crippen LogP) is 12.8. The third-order valence-electron chi connectivity index (χ3n) is 13.8. The van der Waals surface area contributed by atoms with Gasteiger partial charge in [0.15, 0.2) is 0 Å². The molecule has 0 bridgehead atoms. The molecule has 6 heteroatoms. The van der Waals surface area contributed by atoms with Crippen molar-refractivity contribution in [2.24, 2.45) is 7.05 Å². The second kappa shape index (κ2) is 14.6. The number of hydrogen-bond donors (Lipinski definition) is 0. The molecular weight excluding hydrogens is 976 g/mol. The van der Waals surface area contributed by atoms with Crippen molar-refractivity contribution in [1.29, 1.82) is 0 Å². The summed E-state index contributed by atoms with van der Waals surface area (Å²) in [4.78, 5) is 4.74. The summed E-state index contributed by atoms with van der Waals surface area (Å²) in [5.41, 5.74) is 16.2. The van der Waals surface area contributed by atoms with Crippen LogP contribution in [0.3, 0.4) is 0 Å². The van der Waals surface area contributed by atoms with Gasteiger partial charge in [0.1, 0.15) is 5.82 Å². The molecule has 13 rings (SSSR count). The zero-order valence-corrected chi connectivity index (χ0v) is 38.2. The first-order valence-electron chi connectivity index (χ1n) is 21.9. The molecule has 0 N–H and O–H groups in total. The molecule has 0 radical (unpaired) electrons. The summed E-state index contributed by atoms with van der Waals surface area (Å²) in [6, 6.07) is 72.9. The maximum Gasteiger partial charge on any atom is 0.242 e. The summed E-state index contributed by atoms with van der Waals surface area (Å²) in [6.07, 6.45) is 5.52. The van der Waals surface area contributed by atoms with Crippen LogP contribution in [-0.2, 0) is 38.9 Å². The Kier molecular flexibility index (Phi) is 8.82. The molecule has 0 atom stereocenters. The van der Waals surface area contributed by atoms with Gasteiger partial charge in [0.25, 0.3) is 0 Å². The summed E-state index contributed by atoms with van der Waals surface area (Å²) >= 11 is 0. The largest absolute Gasteiger partial charge is 0.510 e. The van der Waals surface area contributed by atoms with Gasteiger partial charge in [-0.25, -0.2) is 4.98 Å². The van der Waals surface area contributed by atoms with Gasteiger partial charge in [-0.1, -0.05) is 165 Å². The summed E-state index contributed by atoms with van der Waals surface area (Å²) in [5.74, 6) is 2.01. The first kappa shape index (κ1) is 39.3. The van der Waals surface area contributed by atoms with Crippen LogP contribution in [-0.4, -0.2) is 14.1 Å². The number of rotatable bonds is 5. The number of hydrogen-bond acceptors (Lipinski definition) is 2. The van der Waals surface area contributed by atoms with Crippen LogP contribution in [0.4, 0.5) is 0 Å². The molecule has 1 spiro atoms. The van der Waals surface area contributed by atoms with E-state index < -0.39 is 5.41 Å². The molecule has 2 aliphatic rings. The van der Waals surface area contributed by atoms with E-state index in [1.165, 1.54) is 50.1 Å². The number of nitrogens with zero attached hydrogens (tertiary/aromatic N) is 4. The second-order valence-electron chi connectivity index (χ2n) is 17.6. The first-order chi connectivity index (χ1) is 31.4. The van der Waals surface area contributed by atoms with Crippen LogP contribution >= 0.6 is 0 Å². The van der Waals surface area contributed by atoms with E-state index in [0.29, 0.717) is 11.5 Å². The fourth-order valence-electron chi connectivity index (χ4n) is 11.0. The normalized spacial score (nSPS) is 13.9. The number of aryl methyl sites for hydroxylation is 1. The van der Waals surface area contributed by atoms with Crippen LogP contribution in [0.15, 0.2) is 188 Å². The average molecular weight is 1020 g/mol. The summed E-state index contributed by atoms with van der Waals surface area (Å²) in [6.45, 7) is 4.76. The van der Waals surface area contributed by atoms with E-state index in [4.69, 9.17) is 9.72 Å². The van der Waals surface area contributed by atoms with E-state index in [0.717, 1.165) is 49.9 Å². The average Bonchev–Trinajstić information content (AvgIpc) is 3.86. The molecule has 65 heavy (non-hydrogen) atoms.